The molecular formula is C97H64N2. The van der Waals surface area contributed by atoms with E-state index in [1.54, 1.807) is 0 Å². The summed E-state index contributed by atoms with van der Waals surface area (Å²) in [5.74, 6) is -0.0229. The zero-order valence-corrected chi connectivity index (χ0v) is 54.3. The normalized spacial score (nSPS) is 12.0. The summed E-state index contributed by atoms with van der Waals surface area (Å²) < 4.78 is 4.98. The van der Waals surface area contributed by atoms with E-state index in [-0.39, 0.29) is 5.92 Å². The van der Waals surface area contributed by atoms with Gasteiger partial charge in [-0.25, -0.2) is 0 Å². The fourth-order valence-corrected chi connectivity index (χ4v) is 16.1. The van der Waals surface area contributed by atoms with Gasteiger partial charge in [0.15, 0.2) is 0 Å². The van der Waals surface area contributed by atoms with E-state index in [2.05, 4.69) is 391 Å². The number of hydrogen-bond acceptors (Lipinski definition) is 0. The molecule has 0 spiro atoms. The molecule has 0 atom stereocenters. The Hall–Kier alpha value is -12.9. The molecule has 462 valence electrons. The van der Waals surface area contributed by atoms with Crippen molar-refractivity contribution in [3.05, 3.63) is 399 Å². The van der Waals surface area contributed by atoms with Crippen molar-refractivity contribution in [1.82, 2.24) is 9.13 Å². The van der Waals surface area contributed by atoms with Gasteiger partial charge in [-0.15, -0.1) is 0 Å². The van der Waals surface area contributed by atoms with Gasteiger partial charge >= 0.3 is 0 Å². The molecule has 1 aliphatic carbocycles. The van der Waals surface area contributed by atoms with Gasteiger partial charge in [0.05, 0.1) is 27.8 Å². The molecule has 0 radical (unpaired) electrons. The first-order valence-corrected chi connectivity index (χ1v) is 34.3. The van der Waals surface area contributed by atoms with E-state index in [1.807, 2.05) is 0 Å². The highest BCUT2D eigenvalue weighted by atomic mass is 15.0. The van der Waals surface area contributed by atoms with Crippen molar-refractivity contribution in [2.24, 2.45) is 0 Å². The van der Waals surface area contributed by atoms with Crippen LogP contribution in [0.3, 0.4) is 0 Å². The lowest BCUT2D eigenvalue weighted by molar-refractivity contribution is 1.02. The van der Waals surface area contributed by atoms with Crippen molar-refractivity contribution >= 4 is 43.6 Å². The van der Waals surface area contributed by atoms with Crippen LogP contribution in [0.5, 0.6) is 0 Å². The lowest BCUT2D eigenvalue weighted by Crippen LogP contribution is -2.00. The molecule has 2 aromatic heterocycles. The van der Waals surface area contributed by atoms with Crippen molar-refractivity contribution in [2.45, 2.75) is 5.92 Å². The molecule has 2 heterocycles. The molecule has 0 amide bonds. The maximum atomic E-state index is 2.52. The highest BCUT2D eigenvalue weighted by Crippen LogP contribution is 2.53. The fourth-order valence-electron chi connectivity index (χ4n) is 16.1. The monoisotopic (exact) mass is 1260 g/mol. The number of fused-ring (bicyclic) bond motifs is 9. The quantitative estimate of drug-likeness (QED) is 0.115. The van der Waals surface area contributed by atoms with Gasteiger partial charge in [0.25, 0.3) is 0 Å². The predicted molar refractivity (Wildman–Crippen MR) is 417 cm³/mol. The molecule has 2 nitrogen and oxygen atoms in total. The van der Waals surface area contributed by atoms with Crippen LogP contribution in [-0.4, -0.2) is 9.13 Å². The Labute approximate surface area is 576 Å². The maximum Gasteiger partial charge on any atom is 0.0541 e. The lowest BCUT2D eigenvalue weighted by atomic mass is 9.87. The smallest absolute Gasteiger partial charge is 0.0541 e. The van der Waals surface area contributed by atoms with Gasteiger partial charge in [-0.2, -0.15) is 0 Å². The Kier molecular flexibility index (Phi) is 14.0. The van der Waals surface area contributed by atoms with E-state index in [9.17, 15) is 0 Å². The first kappa shape index (κ1) is 57.6. The van der Waals surface area contributed by atoms with E-state index < -0.39 is 0 Å². The van der Waals surface area contributed by atoms with Crippen LogP contribution >= 0.6 is 0 Å². The number of aromatic nitrogens is 2. The molecule has 18 aromatic rings. The minimum absolute atomic E-state index is 0.0229. The Morgan fingerprint density at radius 1 is 0.172 bits per heavy atom. The van der Waals surface area contributed by atoms with Gasteiger partial charge in [-0.3, -0.25) is 0 Å². The number of nitrogens with zero attached hydrogens (tertiary/aromatic N) is 2. The Balaban J connectivity index is 0.792. The molecule has 0 unspecified atom stereocenters. The molecular weight excluding hydrogens is 1190 g/mol. The lowest BCUT2D eigenvalue weighted by Gasteiger charge is -2.17. The van der Waals surface area contributed by atoms with Crippen LogP contribution in [0, 0.1) is 0 Å². The summed E-state index contributed by atoms with van der Waals surface area (Å²) in [6.07, 6.45) is 0. The van der Waals surface area contributed by atoms with Crippen LogP contribution in [-0.2, 0) is 0 Å². The van der Waals surface area contributed by atoms with E-state index in [0.717, 1.165) is 39.1 Å². The molecule has 0 saturated carbocycles. The first-order valence-electron chi connectivity index (χ1n) is 34.3. The molecule has 99 heavy (non-hydrogen) atoms. The Morgan fingerprint density at radius 3 is 0.828 bits per heavy atom. The second-order valence-corrected chi connectivity index (χ2v) is 26.2. The van der Waals surface area contributed by atoms with Gasteiger partial charge in [0.1, 0.15) is 0 Å². The Morgan fingerprint density at radius 2 is 0.444 bits per heavy atom. The van der Waals surface area contributed by atoms with E-state index in [1.165, 1.54) is 144 Å². The molecule has 0 saturated heterocycles. The highest BCUT2D eigenvalue weighted by Gasteiger charge is 2.32. The first-order chi connectivity index (χ1) is 49.1. The third-order valence-corrected chi connectivity index (χ3v) is 20.7. The van der Waals surface area contributed by atoms with Gasteiger partial charge < -0.3 is 9.13 Å². The van der Waals surface area contributed by atoms with E-state index in [4.69, 9.17) is 0 Å². The zero-order chi connectivity index (χ0) is 65.3. The molecule has 16 aromatic carbocycles. The van der Waals surface area contributed by atoms with Crippen LogP contribution in [0.15, 0.2) is 382 Å². The third kappa shape index (κ3) is 9.87. The van der Waals surface area contributed by atoms with Crippen molar-refractivity contribution in [3.8, 4) is 123 Å². The average molecular weight is 1260 g/mol. The van der Waals surface area contributed by atoms with Crippen LogP contribution in [0.1, 0.15) is 22.6 Å². The summed E-state index contributed by atoms with van der Waals surface area (Å²) in [5, 5.41) is 4.81. The molecule has 0 fully saturated rings. The number of rotatable bonds is 12. The van der Waals surface area contributed by atoms with Gasteiger partial charge in [-0.05, 0) is 201 Å². The topological polar surface area (TPSA) is 9.86 Å². The van der Waals surface area contributed by atoms with Crippen LogP contribution in [0.4, 0.5) is 0 Å². The maximum absolute atomic E-state index is 2.52. The molecule has 0 aliphatic heterocycles. The van der Waals surface area contributed by atoms with E-state index in [0.29, 0.717) is 0 Å². The van der Waals surface area contributed by atoms with Crippen LogP contribution < -0.4 is 0 Å². The van der Waals surface area contributed by atoms with Gasteiger partial charge in [0, 0.05) is 38.7 Å². The van der Waals surface area contributed by atoms with E-state index >= 15 is 0 Å². The zero-order valence-electron chi connectivity index (χ0n) is 54.3. The highest BCUT2D eigenvalue weighted by molar-refractivity contribution is 6.14. The van der Waals surface area contributed by atoms with Crippen LogP contribution in [0.25, 0.3) is 166 Å². The standard InChI is InChI=1S/C97H64N2/c1-6-26-64(27-7-1)75-36-16-20-40-79(75)68-46-52-84-86(58-68)87-59-69(80-41-21-17-37-76(80)65-28-8-2-9-29-65)47-53-85(87)97(84)73-51-57-94-91(63-73)88-62-72(50-54-93(88)98(94)74-34-14-5-15-35-74)83-44-24-25-45-92(83)99-95-55-48-70(81-42-22-18-38-77(81)66-30-10-3-11-31-66)60-89(95)90-61-71(49-56-96(90)99)82-43-23-19-39-78(82)67-32-12-4-13-33-67/h1-63,97H. The summed E-state index contributed by atoms with van der Waals surface area (Å²) in [6, 6.07) is 142. The summed E-state index contributed by atoms with van der Waals surface area (Å²) in [5.41, 5.74) is 34.9. The molecule has 2 heteroatoms. The molecule has 1 aliphatic rings. The molecule has 19 rings (SSSR count). The second kappa shape index (κ2) is 24.1. The molecule has 0 N–H and O–H groups in total. The van der Waals surface area contributed by atoms with Crippen molar-refractivity contribution in [1.29, 1.82) is 0 Å². The summed E-state index contributed by atoms with van der Waals surface area (Å²) in [4.78, 5) is 0. The summed E-state index contributed by atoms with van der Waals surface area (Å²) >= 11 is 0. The minimum Gasteiger partial charge on any atom is -0.309 e. The largest absolute Gasteiger partial charge is 0.309 e. The summed E-state index contributed by atoms with van der Waals surface area (Å²) in [7, 11) is 0. The van der Waals surface area contributed by atoms with Crippen molar-refractivity contribution < 1.29 is 0 Å². The number of benzene rings is 16. The minimum atomic E-state index is -0.0229. The average Bonchev–Trinajstić information content (AvgIpc) is 1.58. The third-order valence-electron chi connectivity index (χ3n) is 20.7. The van der Waals surface area contributed by atoms with Gasteiger partial charge in [-0.1, -0.05) is 303 Å². The fraction of sp³-hybridized carbons (Fsp3) is 0.0103. The summed E-state index contributed by atoms with van der Waals surface area (Å²) in [6.45, 7) is 0. The molecule has 0 bridgehead atoms. The van der Waals surface area contributed by atoms with Gasteiger partial charge in [0.2, 0.25) is 0 Å². The van der Waals surface area contributed by atoms with Crippen molar-refractivity contribution in [3.63, 3.8) is 0 Å². The number of para-hydroxylation sites is 2. The predicted octanol–water partition coefficient (Wildman–Crippen LogP) is 26.0. The second-order valence-electron chi connectivity index (χ2n) is 26.2. The SMILES string of the molecule is c1ccc(-c2ccccc2-c2ccc3c(c2)-c2cc(-c4ccccc4-c4ccccc4)ccc2C3c2ccc3c(c2)c2cc(-c4ccccc4-n4c5ccc(-c6ccccc6-c6ccccc6)cc5c5cc(-c6ccccc6-c6ccccc6)ccc54)ccc2n3-c2ccccc2)cc1. The Bertz CT molecular complexity index is 5860. The number of hydrogen-bond donors (Lipinski definition) is 0. The van der Waals surface area contributed by atoms with Crippen molar-refractivity contribution in [2.75, 3.05) is 0 Å². The van der Waals surface area contributed by atoms with Crippen LogP contribution in [0.2, 0.25) is 0 Å².